The topological polar surface area (TPSA) is 560 Å². The molecule has 2 aliphatic heterocycles. The summed E-state index contributed by atoms with van der Waals surface area (Å²) in [6.07, 6.45) is 3.00. The van der Waals surface area contributed by atoms with E-state index in [1.54, 1.807) is 155 Å². The number of halogens is 2. The van der Waals surface area contributed by atoms with Gasteiger partial charge in [0.15, 0.2) is 12.1 Å². The molecule has 0 bridgehead atoms. The lowest BCUT2D eigenvalue weighted by Crippen LogP contribution is -2.60. The molecule has 2 aromatic heterocycles. The number of carboxylic acid groups (broad SMARTS) is 3. The standard InChI is InChI=1S/C37H51N5O10S.C24H28N4O5S.2C13H25NO5.C8H17NO3.2ClH/c1-10-23-19-37(23,33(45)41-53(47,48)26-12-13-26)40-30(43)28-18-25(50-31-27-14-11-24(49-9)17-22(27)15-16-38-31)20-42(28)32(44)29(21(2)51-35(3,4)5)39-34(46)52-36(6,7)8;1-3-16-12-24(16,23(30)28-34(31,32)18-5-6-18)27-21(29)20-11-17(13-26-20)33-22-19-7-4-14(2)10-15(19)8-9-25-22;2*1-8(18-12(2,3)4)9(10(15)16)14-11(17)19-13(5,6)7;1-5(6(9)7(10)11)12-8(2,3)4;;/h10-11,14-17,21,23,25-26,28-29H,1,12-13,18-20H2,2-9H3,(H,39,46)(H,40,43)(H,41,45);3-4,7-10,16-18,20,26H,1,5-6,11-13H2,2H3,(H,27,29)(H,28,30);2*8-9H,1-7H3,(H,14,17)(H,15,16);5-6H,9H2,1-4H3,(H,10,11);2*1H/t21-,23+,25+,28-,29-,37+;16-,17-,20+,24-;2*8-,9-;5-,6-;;/m01000../s1. The minimum atomic E-state index is -3.92. The summed E-state index contributed by atoms with van der Waals surface area (Å²) in [6.45, 7) is 53.5. The van der Waals surface area contributed by atoms with Crippen LogP contribution in [0.25, 0.3) is 21.5 Å². The van der Waals surface area contributed by atoms with Crippen LogP contribution in [0.2, 0.25) is 0 Å². The normalized spacial score (nSPS) is 21.8. The van der Waals surface area contributed by atoms with Crippen molar-refractivity contribution in [1.82, 2.24) is 56.2 Å². The van der Waals surface area contributed by atoms with E-state index in [4.69, 9.17) is 68.4 Å². The van der Waals surface area contributed by atoms with Gasteiger partial charge in [0.25, 0.3) is 11.8 Å². The van der Waals surface area contributed by atoms with Gasteiger partial charge in [0, 0.05) is 54.4 Å². The lowest BCUT2D eigenvalue weighted by Gasteiger charge is -2.35. The van der Waals surface area contributed by atoms with Gasteiger partial charge in [-0.3, -0.25) is 38.2 Å². The Kier molecular flexibility index (Phi) is 42.4. The molecule has 6 fully saturated rings. The number of pyridine rings is 2. The van der Waals surface area contributed by atoms with Crippen molar-refractivity contribution in [2.24, 2.45) is 17.6 Å². The zero-order valence-electron chi connectivity index (χ0n) is 84.8. The largest absolute Gasteiger partial charge is 0.497 e. The summed E-state index contributed by atoms with van der Waals surface area (Å²) in [7, 11) is -6.06. The number of ether oxygens (including phenoxy) is 10. The van der Waals surface area contributed by atoms with Crippen molar-refractivity contribution in [1.29, 1.82) is 0 Å². The van der Waals surface area contributed by atoms with Crippen LogP contribution < -0.4 is 61.3 Å². The van der Waals surface area contributed by atoms with Crippen molar-refractivity contribution in [3.8, 4) is 17.5 Å². The number of aromatic nitrogens is 2. The number of fused-ring (bicyclic) bond motifs is 2. The maximum absolute atomic E-state index is 14.6. The summed E-state index contributed by atoms with van der Waals surface area (Å²) >= 11 is 0. The van der Waals surface area contributed by atoms with E-state index in [1.807, 2.05) is 93.5 Å². The molecule has 10 rings (SSSR count). The van der Waals surface area contributed by atoms with Gasteiger partial charge in [0.05, 0.1) is 77.0 Å². The molecule has 0 spiro atoms. The van der Waals surface area contributed by atoms with E-state index in [2.05, 4.69) is 70.5 Å². The van der Waals surface area contributed by atoms with E-state index >= 15 is 0 Å². The summed E-state index contributed by atoms with van der Waals surface area (Å²) < 4.78 is 110. The first-order valence-corrected chi connectivity index (χ1v) is 48.6. The lowest BCUT2D eigenvalue weighted by atomic mass is 10.1. The van der Waals surface area contributed by atoms with Gasteiger partial charge >= 0.3 is 36.2 Å². The average molecular weight is 2040 g/mol. The molecule has 4 heterocycles. The van der Waals surface area contributed by atoms with Gasteiger partial charge in [-0.15, -0.1) is 38.0 Å². The second-order valence-corrected chi connectivity index (χ2v) is 45.9. The molecule has 0 unspecified atom stereocenters. The number of nitrogens with zero attached hydrogens (tertiary/aromatic N) is 3. The third-order valence-corrected chi connectivity index (χ3v) is 24.9. The maximum atomic E-state index is 14.6. The number of amides is 8. The summed E-state index contributed by atoms with van der Waals surface area (Å²) in [5, 5.41) is 45.0. The first kappa shape index (κ1) is 121. The van der Waals surface area contributed by atoms with E-state index in [9.17, 15) is 69.6 Å². The lowest BCUT2D eigenvalue weighted by molar-refractivity contribution is -0.148. The van der Waals surface area contributed by atoms with E-state index in [0.717, 1.165) is 21.7 Å². The Balaban J connectivity index is 0.000000401. The van der Waals surface area contributed by atoms with Crippen LogP contribution in [0.1, 0.15) is 230 Å². The number of sulfonamides is 2. The van der Waals surface area contributed by atoms with Crippen LogP contribution >= 0.6 is 24.8 Å². The van der Waals surface area contributed by atoms with Crippen molar-refractivity contribution in [3.63, 3.8) is 0 Å². The molecule has 4 saturated carbocycles. The van der Waals surface area contributed by atoms with Crippen molar-refractivity contribution in [2.75, 3.05) is 20.2 Å². The van der Waals surface area contributed by atoms with Crippen LogP contribution in [0.3, 0.4) is 0 Å². The van der Waals surface area contributed by atoms with E-state index in [1.165, 1.54) is 11.0 Å². The fourth-order valence-electron chi connectivity index (χ4n) is 14.8. The van der Waals surface area contributed by atoms with Crippen LogP contribution in [0.5, 0.6) is 17.5 Å². The van der Waals surface area contributed by atoms with Crippen molar-refractivity contribution in [3.05, 3.63) is 91.8 Å². The number of methoxy groups -OCH3 is 1. The number of aryl methyl sites for hydroxylation is 1. The number of carboxylic acids is 3. The second kappa shape index (κ2) is 48.6. The van der Waals surface area contributed by atoms with E-state index in [0.29, 0.717) is 62.1 Å². The molecule has 6 aliphatic rings. The molecule has 2 saturated heterocycles. The summed E-state index contributed by atoms with van der Waals surface area (Å²) in [4.78, 5) is 147. The summed E-state index contributed by atoms with van der Waals surface area (Å²) in [5.74, 6) is -6.08. The van der Waals surface area contributed by atoms with Crippen molar-refractivity contribution >= 4 is 132 Å². The van der Waals surface area contributed by atoms with Gasteiger partial charge in [-0.1, -0.05) is 29.8 Å². The van der Waals surface area contributed by atoms with Gasteiger partial charge in [-0.05, 0) is 266 Å². The molecule has 139 heavy (non-hydrogen) atoms. The highest BCUT2D eigenvalue weighted by atomic mass is 35.5. The number of aliphatic carboxylic acids is 3. The fraction of sp³-hybridized carbons (Fsp3) is 0.653. The minimum Gasteiger partial charge on any atom is -0.497 e. The first-order valence-electron chi connectivity index (χ1n) is 45.6. The molecule has 4 aromatic rings. The number of nitrogens with two attached hydrogens (primary N) is 1. The van der Waals surface area contributed by atoms with Crippen LogP contribution in [-0.4, -0.2) is 267 Å². The number of carbonyl (C=O) groups is 11. The molecular formula is C95H148Cl2N12O28S2. The van der Waals surface area contributed by atoms with Crippen LogP contribution in [0.4, 0.5) is 14.4 Å². The van der Waals surface area contributed by atoms with Crippen LogP contribution in [0, 0.1) is 18.8 Å². The number of alkyl carbamates (subject to hydrolysis) is 3. The number of likely N-dealkylation sites (tertiary alicyclic amines) is 1. The van der Waals surface area contributed by atoms with Crippen LogP contribution in [0.15, 0.2) is 86.2 Å². The monoisotopic (exact) mass is 2040 g/mol. The third kappa shape index (κ3) is 38.4. The predicted octanol–water partition coefficient (Wildman–Crippen LogP) is 10.5. The predicted molar refractivity (Wildman–Crippen MR) is 525 cm³/mol. The van der Waals surface area contributed by atoms with Gasteiger partial charge in [0.1, 0.15) is 64.0 Å². The Morgan fingerprint density at radius 2 is 0.871 bits per heavy atom. The highest BCUT2D eigenvalue weighted by Gasteiger charge is 2.63. The fourth-order valence-corrected chi connectivity index (χ4v) is 17.5. The zero-order valence-corrected chi connectivity index (χ0v) is 88.0. The summed E-state index contributed by atoms with van der Waals surface area (Å²) in [5.41, 5.74) is -0.668. The molecule has 4 aliphatic carbocycles. The Bertz CT molecular complexity index is 5170. The third-order valence-electron chi connectivity index (χ3n) is 21.3. The second-order valence-electron chi connectivity index (χ2n) is 42.0. The van der Waals surface area contributed by atoms with Gasteiger partial charge in [-0.2, -0.15) is 0 Å². The number of nitrogens with one attached hydrogen (secondary N) is 8. The van der Waals surface area contributed by atoms with E-state index < -0.39 is 208 Å². The van der Waals surface area contributed by atoms with Gasteiger partial charge in [-0.25, -0.2) is 50.8 Å². The zero-order chi connectivity index (χ0) is 104. The number of benzene rings is 2. The van der Waals surface area contributed by atoms with Gasteiger partial charge < -0.3 is 105 Å². The summed E-state index contributed by atoms with van der Waals surface area (Å²) in [6, 6.07) is 8.80. The van der Waals surface area contributed by atoms with Crippen LogP contribution in [-0.2, 0) is 91.6 Å². The Morgan fingerprint density at radius 1 is 0.504 bits per heavy atom. The smallest absolute Gasteiger partial charge is 0.408 e. The van der Waals surface area contributed by atoms with E-state index in [-0.39, 0.29) is 73.6 Å². The Labute approximate surface area is 828 Å². The molecule has 13 N–H and O–H groups in total. The molecular weight excluding hydrogens is 1890 g/mol. The number of rotatable bonds is 32. The maximum Gasteiger partial charge on any atom is 0.408 e. The Hall–Kier alpha value is -10.0. The number of hydrogen-bond donors (Lipinski definition) is 12. The molecule has 782 valence electrons. The molecule has 0 radical (unpaired) electrons. The molecule has 2 aromatic carbocycles. The number of carbonyl (C=O) groups excluding carboxylic acids is 8. The minimum absolute atomic E-state index is 0. The van der Waals surface area contributed by atoms with Crippen molar-refractivity contribution in [2.45, 2.75) is 365 Å². The number of hydrogen-bond acceptors (Lipinski definition) is 29. The average Bonchev–Trinajstić information content (AvgIpc) is 1.57. The molecule has 16 atom stereocenters. The quantitative estimate of drug-likeness (QED) is 0.0160. The highest BCUT2D eigenvalue weighted by Crippen LogP contribution is 2.47. The SMILES string of the molecule is C=C[C@@H]1C[C@]1(NC(=O)[C@@H]1C[C@@H](Oc2nccc3cc(C)ccc23)CN1)C(=O)NS(=O)(=O)C1CC1.C=C[C@@H]1C[C@]1(NC(=O)[C@@H]1C[C@@H](Oc2nccc3cc(OC)ccc23)CN1C(=O)[C@@H](NC(=O)OC(C)(C)C)[C@H](C)OC(C)(C)C)C(=O)NS(=O)(=O)C1CC1.C[C@H](OC(C)(C)C)[C@H](N)C(=O)O.C[C@H](OC(C)(C)C)[C@H](NC(=O)OC(C)(C)C)C(=O)O.C[C@H](OC(C)(C)C)[C@H](NC(=O)OC(C)(C)C)C(=O)O.Cl.Cl. The highest BCUT2D eigenvalue weighted by molar-refractivity contribution is 7.91. The first-order chi connectivity index (χ1) is 62.7. The molecule has 44 heteroatoms. The molecule has 40 nitrogen and oxygen atoms in total. The molecule has 8 amide bonds. The van der Waals surface area contributed by atoms with Gasteiger partial charge in [0.2, 0.25) is 49.5 Å². The van der Waals surface area contributed by atoms with Crippen molar-refractivity contribution < 1.29 is 132 Å². The Morgan fingerprint density at radius 3 is 1.23 bits per heavy atom.